The third-order valence-corrected chi connectivity index (χ3v) is 4.33. The van der Waals surface area contributed by atoms with Gasteiger partial charge in [0.15, 0.2) is 0 Å². The minimum atomic E-state index is -0.383. The van der Waals surface area contributed by atoms with Crippen LogP contribution in [0.4, 0.5) is 10.5 Å². The van der Waals surface area contributed by atoms with Crippen molar-refractivity contribution in [2.45, 2.75) is 6.54 Å². The molecular formula is C19H19BrN4OS. The van der Waals surface area contributed by atoms with Gasteiger partial charge in [0.1, 0.15) is 0 Å². The number of para-hydroxylation sites is 1. The molecule has 1 heterocycles. The van der Waals surface area contributed by atoms with Crippen molar-refractivity contribution in [1.29, 1.82) is 0 Å². The normalized spacial score (nSPS) is 10.7. The monoisotopic (exact) mass is 430 g/mol. The summed E-state index contributed by atoms with van der Waals surface area (Å²) < 4.78 is 2.01. The molecule has 0 saturated carbocycles. The average Bonchev–Trinajstić information content (AvgIpc) is 3.05. The number of hydrogen-bond donors (Lipinski definition) is 2. The Morgan fingerprint density at radius 1 is 1.12 bits per heavy atom. The Morgan fingerprint density at radius 3 is 2.42 bits per heavy atom. The summed E-state index contributed by atoms with van der Waals surface area (Å²) in [5, 5.41) is 8.99. The first kappa shape index (κ1) is 19.7. The summed E-state index contributed by atoms with van der Waals surface area (Å²) in [7, 11) is 0. The number of nitrogens with one attached hydrogen (secondary N) is 2. The number of thiazole rings is 1. The van der Waals surface area contributed by atoms with Crippen molar-refractivity contribution in [3.63, 3.8) is 0 Å². The molecule has 0 aliphatic rings. The van der Waals surface area contributed by atoms with Gasteiger partial charge < -0.3 is 9.88 Å². The fourth-order valence-corrected chi connectivity index (χ4v) is 3.22. The van der Waals surface area contributed by atoms with E-state index in [9.17, 15) is 4.79 Å². The molecule has 0 spiro atoms. The van der Waals surface area contributed by atoms with Gasteiger partial charge in [-0.05, 0) is 17.7 Å². The van der Waals surface area contributed by atoms with E-state index in [1.54, 1.807) is 0 Å². The summed E-state index contributed by atoms with van der Waals surface area (Å²) in [5.74, 6) is 0. The number of allylic oxidation sites excluding steroid dienone is 1. The van der Waals surface area contributed by atoms with Gasteiger partial charge in [-0.25, -0.2) is 10.2 Å². The van der Waals surface area contributed by atoms with Crippen LogP contribution in [0, 0.1) is 0 Å². The SMILES string of the molecule is Br.C=CCn1c(-c2ccccc2)csc1=NNC(=O)Nc1ccccc1. The lowest BCUT2D eigenvalue weighted by Gasteiger charge is -2.07. The number of aromatic nitrogens is 1. The van der Waals surface area contributed by atoms with E-state index in [1.807, 2.05) is 76.7 Å². The van der Waals surface area contributed by atoms with Crippen LogP contribution in [0.3, 0.4) is 0 Å². The van der Waals surface area contributed by atoms with Gasteiger partial charge in [0.25, 0.3) is 0 Å². The van der Waals surface area contributed by atoms with Crippen molar-refractivity contribution in [2.75, 3.05) is 5.32 Å². The minimum absolute atomic E-state index is 0. The zero-order chi connectivity index (χ0) is 17.5. The molecule has 7 heteroatoms. The molecule has 134 valence electrons. The fraction of sp³-hybridized carbons (Fsp3) is 0.0526. The molecule has 5 nitrogen and oxygen atoms in total. The highest BCUT2D eigenvalue weighted by Crippen LogP contribution is 2.19. The largest absolute Gasteiger partial charge is 0.339 e. The van der Waals surface area contributed by atoms with Crippen molar-refractivity contribution < 1.29 is 4.79 Å². The van der Waals surface area contributed by atoms with Crippen molar-refractivity contribution in [3.8, 4) is 11.3 Å². The summed E-state index contributed by atoms with van der Waals surface area (Å²) in [4.78, 5) is 12.7. The van der Waals surface area contributed by atoms with Gasteiger partial charge in [-0.3, -0.25) is 0 Å². The Hall–Kier alpha value is -2.64. The number of benzene rings is 2. The van der Waals surface area contributed by atoms with E-state index in [4.69, 9.17) is 0 Å². The van der Waals surface area contributed by atoms with E-state index in [-0.39, 0.29) is 23.0 Å². The van der Waals surface area contributed by atoms with Crippen LogP contribution in [0.2, 0.25) is 0 Å². The Kier molecular flexibility index (Phi) is 7.37. The van der Waals surface area contributed by atoms with Crippen LogP contribution in [-0.4, -0.2) is 10.6 Å². The third kappa shape index (κ3) is 4.93. The first-order chi connectivity index (χ1) is 12.3. The number of carbonyl (C=O) groups is 1. The average molecular weight is 431 g/mol. The number of halogens is 1. The van der Waals surface area contributed by atoms with Gasteiger partial charge in [0.2, 0.25) is 4.80 Å². The van der Waals surface area contributed by atoms with Crippen molar-refractivity contribution in [3.05, 3.63) is 83.5 Å². The molecule has 0 saturated heterocycles. The van der Waals surface area contributed by atoms with E-state index >= 15 is 0 Å². The Labute approximate surface area is 166 Å². The summed E-state index contributed by atoms with van der Waals surface area (Å²) in [6.07, 6.45) is 1.81. The molecule has 3 aromatic rings. The van der Waals surface area contributed by atoms with Crippen LogP contribution < -0.4 is 15.5 Å². The topological polar surface area (TPSA) is 58.4 Å². The highest BCUT2D eigenvalue weighted by molar-refractivity contribution is 8.93. The van der Waals surface area contributed by atoms with Gasteiger partial charge in [0.05, 0.1) is 5.69 Å². The van der Waals surface area contributed by atoms with Gasteiger partial charge in [-0.1, -0.05) is 54.6 Å². The van der Waals surface area contributed by atoms with Crippen LogP contribution in [0.15, 0.2) is 83.8 Å². The molecule has 2 amide bonds. The molecule has 0 atom stereocenters. The van der Waals surface area contributed by atoms with E-state index in [1.165, 1.54) is 11.3 Å². The van der Waals surface area contributed by atoms with Gasteiger partial charge >= 0.3 is 6.03 Å². The lowest BCUT2D eigenvalue weighted by Crippen LogP contribution is -2.28. The molecular weight excluding hydrogens is 412 g/mol. The van der Waals surface area contributed by atoms with Crippen LogP contribution >= 0.6 is 28.3 Å². The Balaban J connectivity index is 0.00000243. The minimum Gasteiger partial charge on any atom is -0.311 e. The van der Waals surface area contributed by atoms with Crippen LogP contribution in [0.25, 0.3) is 11.3 Å². The molecule has 3 rings (SSSR count). The number of carbonyl (C=O) groups excluding carboxylic acids is 1. The molecule has 0 fully saturated rings. The van der Waals surface area contributed by atoms with Crippen molar-refractivity contribution in [2.24, 2.45) is 5.10 Å². The van der Waals surface area contributed by atoms with Gasteiger partial charge in [-0.15, -0.1) is 40.0 Å². The number of hydrogen-bond acceptors (Lipinski definition) is 3. The molecule has 0 bridgehead atoms. The number of anilines is 1. The first-order valence-electron chi connectivity index (χ1n) is 7.78. The van der Waals surface area contributed by atoms with E-state index in [0.29, 0.717) is 17.0 Å². The number of urea groups is 1. The Morgan fingerprint density at radius 2 is 1.77 bits per heavy atom. The van der Waals surface area contributed by atoms with E-state index in [0.717, 1.165) is 11.3 Å². The van der Waals surface area contributed by atoms with Crippen molar-refractivity contribution in [1.82, 2.24) is 9.99 Å². The fourth-order valence-electron chi connectivity index (χ4n) is 2.34. The van der Waals surface area contributed by atoms with E-state index in [2.05, 4.69) is 22.4 Å². The zero-order valence-electron chi connectivity index (χ0n) is 14.0. The first-order valence-corrected chi connectivity index (χ1v) is 8.66. The van der Waals surface area contributed by atoms with Gasteiger partial charge in [-0.2, -0.15) is 0 Å². The second-order valence-corrected chi connectivity index (χ2v) is 6.05. The second kappa shape index (κ2) is 9.74. The maximum absolute atomic E-state index is 12.0. The molecule has 0 radical (unpaired) electrons. The molecule has 0 aliphatic heterocycles. The number of amides is 2. The molecule has 2 aromatic carbocycles. The predicted octanol–water partition coefficient (Wildman–Crippen LogP) is 4.62. The summed E-state index contributed by atoms with van der Waals surface area (Å²) in [6.45, 7) is 4.41. The lowest BCUT2D eigenvalue weighted by atomic mass is 10.2. The maximum Gasteiger partial charge on any atom is 0.339 e. The molecule has 2 N–H and O–H groups in total. The quantitative estimate of drug-likeness (QED) is 0.450. The van der Waals surface area contributed by atoms with Crippen LogP contribution in [0.5, 0.6) is 0 Å². The highest BCUT2D eigenvalue weighted by Gasteiger charge is 2.07. The van der Waals surface area contributed by atoms with Crippen molar-refractivity contribution >= 4 is 40.0 Å². The second-order valence-electron chi connectivity index (χ2n) is 5.21. The third-order valence-electron chi connectivity index (χ3n) is 3.46. The standard InChI is InChI=1S/C19H18N4OS.BrH/c1-2-13-23-17(15-9-5-3-6-10-15)14-25-19(23)22-21-18(24)20-16-11-7-4-8-12-16;/h2-12,14H,1,13H2,(H2,20,21,24);1H. The number of rotatable bonds is 5. The molecule has 0 aliphatic carbocycles. The van der Waals surface area contributed by atoms with Gasteiger partial charge in [0, 0.05) is 17.6 Å². The molecule has 26 heavy (non-hydrogen) atoms. The molecule has 0 unspecified atom stereocenters. The van der Waals surface area contributed by atoms with E-state index < -0.39 is 0 Å². The summed E-state index contributed by atoms with van der Waals surface area (Å²) >= 11 is 1.47. The predicted molar refractivity (Wildman–Crippen MR) is 112 cm³/mol. The molecule has 1 aromatic heterocycles. The van der Waals surface area contributed by atoms with Crippen LogP contribution in [0.1, 0.15) is 0 Å². The summed E-state index contributed by atoms with van der Waals surface area (Å²) in [5.41, 5.74) is 5.38. The smallest absolute Gasteiger partial charge is 0.311 e. The Bertz CT molecular complexity index is 919. The highest BCUT2D eigenvalue weighted by atomic mass is 79.9. The summed E-state index contributed by atoms with van der Waals surface area (Å²) in [6, 6.07) is 18.9. The lowest BCUT2D eigenvalue weighted by molar-refractivity contribution is 0.252. The van der Waals surface area contributed by atoms with Crippen LogP contribution in [-0.2, 0) is 6.54 Å². The number of nitrogens with zero attached hydrogens (tertiary/aromatic N) is 2. The zero-order valence-corrected chi connectivity index (χ0v) is 16.5. The maximum atomic E-state index is 12.0.